The van der Waals surface area contributed by atoms with Gasteiger partial charge in [-0.1, -0.05) is 20.8 Å². The van der Waals surface area contributed by atoms with Crippen molar-refractivity contribution in [2.24, 2.45) is 17.3 Å². The molecule has 1 saturated carbocycles. The fraction of sp³-hybridized carbons (Fsp3) is 0.833. The summed E-state index contributed by atoms with van der Waals surface area (Å²) in [6.45, 7) is 5.78. The van der Waals surface area contributed by atoms with Gasteiger partial charge >= 0.3 is 5.97 Å². The molecule has 1 saturated heterocycles. The SMILES string of the molecule is CC(C)(C)[C@@H](O)C(=O)N1C[C@@H]2C[C@@H]2[C@H]1C(=O)O. The number of piperidine rings is 1. The first kappa shape index (κ1) is 12.4. The molecule has 17 heavy (non-hydrogen) atoms. The summed E-state index contributed by atoms with van der Waals surface area (Å²) in [6, 6.07) is -0.732. The zero-order chi connectivity index (χ0) is 13.0. The average Bonchev–Trinajstić information content (AvgIpc) is 2.85. The normalized spacial score (nSPS) is 33.2. The Bertz CT molecular complexity index is 360. The molecular formula is C12H19NO4. The van der Waals surface area contributed by atoms with Crippen molar-refractivity contribution >= 4 is 11.9 Å². The number of carboxylic acid groups (broad SMARTS) is 1. The van der Waals surface area contributed by atoms with Crippen molar-refractivity contribution in [3.05, 3.63) is 0 Å². The van der Waals surface area contributed by atoms with Gasteiger partial charge in [-0.25, -0.2) is 4.79 Å². The summed E-state index contributed by atoms with van der Waals surface area (Å²) in [7, 11) is 0. The van der Waals surface area contributed by atoms with Crippen LogP contribution in [-0.2, 0) is 9.59 Å². The lowest BCUT2D eigenvalue weighted by Crippen LogP contribution is -2.50. The minimum Gasteiger partial charge on any atom is -0.480 e. The molecule has 1 aliphatic heterocycles. The van der Waals surface area contributed by atoms with Gasteiger partial charge in [0.15, 0.2) is 0 Å². The van der Waals surface area contributed by atoms with Crippen molar-refractivity contribution < 1.29 is 19.8 Å². The standard InChI is InChI=1S/C12H19NO4/c1-12(2,3)9(14)10(15)13-5-6-4-7(6)8(13)11(16)17/h6-9,14H,4-5H2,1-3H3,(H,16,17)/t6-,7-,8-,9-/m0/s1. The molecule has 4 atom stereocenters. The maximum atomic E-state index is 12.1. The van der Waals surface area contributed by atoms with Crippen LogP contribution in [0.1, 0.15) is 27.2 Å². The Labute approximate surface area is 100 Å². The smallest absolute Gasteiger partial charge is 0.326 e. The summed E-state index contributed by atoms with van der Waals surface area (Å²) < 4.78 is 0. The molecule has 2 fully saturated rings. The number of fused-ring (bicyclic) bond motifs is 1. The van der Waals surface area contributed by atoms with E-state index in [1.54, 1.807) is 20.8 Å². The van der Waals surface area contributed by atoms with Gasteiger partial charge in [-0.3, -0.25) is 4.79 Å². The van der Waals surface area contributed by atoms with Crippen LogP contribution in [0.2, 0.25) is 0 Å². The fourth-order valence-corrected chi connectivity index (χ4v) is 2.54. The quantitative estimate of drug-likeness (QED) is 0.730. The van der Waals surface area contributed by atoms with Crippen molar-refractivity contribution in [3.8, 4) is 0 Å². The molecule has 2 rings (SSSR count). The zero-order valence-electron chi connectivity index (χ0n) is 10.4. The average molecular weight is 241 g/mol. The number of amides is 1. The summed E-state index contributed by atoms with van der Waals surface area (Å²) in [6.07, 6.45) is -0.242. The highest BCUT2D eigenvalue weighted by Crippen LogP contribution is 2.50. The van der Waals surface area contributed by atoms with E-state index in [2.05, 4.69) is 0 Å². The van der Waals surface area contributed by atoms with Crippen LogP contribution in [0.15, 0.2) is 0 Å². The van der Waals surface area contributed by atoms with Gasteiger partial charge in [0.1, 0.15) is 12.1 Å². The van der Waals surface area contributed by atoms with Gasteiger partial charge in [-0.2, -0.15) is 0 Å². The molecule has 5 nitrogen and oxygen atoms in total. The third kappa shape index (κ3) is 2.04. The highest BCUT2D eigenvalue weighted by molar-refractivity contribution is 5.88. The predicted octanol–water partition coefficient (Wildman–Crippen LogP) is 0.325. The molecule has 0 radical (unpaired) electrons. The van der Waals surface area contributed by atoms with Gasteiger partial charge in [0.2, 0.25) is 0 Å². The predicted molar refractivity (Wildman–Crippen MR) is 60.2 cm³/mol. The first-order valence-electron chi connectivity index (χ1n) is 5.95. The van der Waals surface area contributed by atoms with E-state index in [0.29, 0.717) is 12.5 Å². The number of hydrogen-bond donors (Lipinski definition) is 2. The van der Waals surface area contributed by atoms with E-state index in [1.807, 2.05) is 0 Å². The van der Waals surface area contributed by atoms with Crippen LogP contribution in [0.3, 0.4) is 0 Å². The highest BCUT2D eigenvalue weighted by atomic mass is 16.4. The van der Waals surface area contributed by atoms with Crippen LogP contribution >= 0.6 is 0 Å². The molecule has 0 spiro atoms. The number of aliphatic hydroxyl groups is 1. The van der Waals surface area contributed by atoms with Crippen LogP contribution in [0.5, 0.6) is 0 Å². The van der Waals surface area contributed by atoms with E-state index in [0.717, 1.165) is 6.42 Å². The van der Waals surface area contributed by atoms with Gasteiger partial charge in [0.05, 0.1) is 0 Å². The number of aliphatic hydroxyl groups excluding tert-OH is 1. The largest absolute Gasteiger partial charge is 0.480 e. The topological polar surface area (TPSA) is 77.8 Å². The number of carboxylic acids is 1. The summed E-state index contributed by atoms with van der Waals surface area (Å²) >= 11 is 0. The van der Waals surface area contributed by atoms with E-state index >= 15 is 0 Å². The molecule has 2 N–H and O–H groups in total. The van der Waals surface area contributed by atoms with Crippen molar-refractivity contribution in [3.63, 3.8) is 0 Å². The van der Waals surface area contributed by atoms with Crippen molar-refractivity contribution in [2.75, 3.05) is 6.54 Å². The Balaban J connectivity index is 2.12. The summed E-state index contributed by atoms with van der Waals surface area (Å²) in [4.78, 5) is 24.6. The molecule has 0 aromatic rings. The molecule has 2 aliphatic rings. The molecule has 0 aromatic carbocycles. The third-order valence-electron chi connectivity index (χ3n) is 3.74. The van der Waals surface area contributed by atoms with Crippen LogP contribution in [0, 0.1) is 17.3 Å². The lowest BCUT2D eigenvalue weighted by Gasteiger charge is -2.32. The summed E-state index contributed by atoms with van der Waals surface area (Å²) in [5.41, 5.74) is -0.563. The molecular weight excluding hydrogens is 222 g/mol. The van der Waals surface area contributed by atoms with Crippen molar-refractivity contribution in [1.29, 1.82) is 0 Å². The van der Waals surface area contributed by atoms with Crippen LogP contribution in [0.25, 0.3) is 0 Å². The van der Waals surface area contributed by atoms with E-state index in [1.165, 1.54) is 4.90 Å². The van der Waals surface area contributed by atoms with Gasteiger partial charge < -0.3 is 15.1 Å². The number of hydrogen-bond acceptors (Lipinski definition) is 3. The third-order valence-corrected chi connectivity index (χ3v) is 3.74. The van der Waals surface area contributed by atoms with Gasteiger partial charge in [0.25, 0.3) is 5.91 Å². The second-order valence-corrected chi connectivity index (χ2v) is 6.20. The van der Waals surface area contributed by atoms with E-state index in [4.69, 9.17) is 5.11 Å². The highest BCUT2D eigenvalue weighted by Gasteiger charge is 2.58. The zero-order valence-corrected chi connectivity index (χ0v) is 10.4. The molecule has 96 valence electrons. The van der Waals surface area contributed by atoms with Gasteiger partial charge in [-0.15, -0.1) is 0 Å². The minimum absolute atomic E-state index is 0.101. The molecule has 5 heteroatoms. The molecule has 0 bridgehead atoms. The first-order valence-corrected chi connectivity index (χ1v) is 5.95. The van der Waals surface area contributed by atoms with E-state index < -0.39 is 29.4 Å². The Morgan fingerprint density at radius 3 is 2.41 bits per heavy atom. The number of carbonyl (C=O) groups is 2. The number of rotatable bonds is 2. The maximum Gasteiger partial charge on any atom is 0.326 e. The lowest BCUT2D eigenvalue weighted by atomic mass is 9.88. The molecule has 1 heterocycles. The lowest BCUT2D eigenvalue weighted by molar-refractivity contribution is -0.156. The Morgan fingerprint density at radius 2 is 1.94 bits per heavy atom. The van der Waals surface area contributed by atoms with Crippen LogP contribution in [-0.4, -0.2) is 45.7 Å². The van der Waals surface area contributed by atoms with Crippen LogP contribution < -0.4 is 0 Å². The number of nitrogens with zero attached hydrogens (tertiary/aromatic N) is 1. The maximum absolute atomic E-state index is 12.1. The molecule has 1 aliphatic carbocycles. The number of likely N-dealkylation sites (tertiary alicyclic amines) is 1. The molecule has 1 amide bonds. The summed E-state index contributed by atoms with van der Waals surface area (Å²) in [5.74, 6) is -0.975. The fourth-order valence-electron chi connectivity index (χ4n) is 2.54. The molecule has 0 aromatic heterocycles. The van der Waals surface area contributed by atoms with Crippen molar-refractivity contribution in [1.82, 2.24) is 4.90 Å². The Morgan fingerprint density at radius 1 is 1.35 bits per heavy atom. The summed E-state index contributed by atoms with van der Waals surface area (Å²) in [5, 5.41) is 19.1. The number of aliphatic carboxylic acids is 1. The van der Waals surface area contributed by atoms with E-state index in [9.17, 15) is 14.7 Å². The van der Waals surface area contributed by atoms with Gasteiger partial charge in [-0.05, 0) is 23.7 Å². The number of carbonyl (C=O) groups excluding carboxylic acids is 1. The minimum atomic E-state index is -1.14. The second-order valence-electron chi connectivity index (χ2n) is 6.20. The van der Waals surface area contributed by atoms with E-state index in [-0.39, 0.29) is 5.92 Å². The van der Waals surface area contributed by atoms with Gasteiger partial charge in [0, 0.05) is 6.54 Å². The first-order chi connectivity index (χ1) is 7.73. The van der Waals surface area contributed by atoms with Crippen LogP contribution in [0.4, 0.5) is 0 Å². The monoisotopic (exact) mass is 241 g/mol. The Hall–Kier alpha value is -1.10. The molecule has 0 unspecified atom stereocenters. The second kappa shape index (κ2) is 3.70. The van der Waals surface area contributed by atoms with Crippen molar-refractivity contribution in [2.45, 2.75) is 39.3 Å². The Kier molecular flexibility index (Phi) is 2.69.